The molecule has 1 fully saturated rings. The number of nitrogens with two attached hydrogens (primary N) is 1. The van der Waals surface area contributed by atoms with Crippen molar-refractivity contribution in [1.82, 2.24) is 10.1 Å². The van der Waals surface area contributed by atoms with Gasteiger partial charge in [-0.1, -0.05) is 5.16 Å². The molecule has 0 spiro atoms. The van der Waals surface area contributed by atoms with Crippen LogP contribution in [0.2, 0.25) is 0 Å². The predicted octanol–water partition coefficient (Wildman–Crippen LogP) is 1.77. The van der Waals surface area contributed by atoms with Crippen molar-refractivity contribution in [2.24, 2.45) is 5.73 Å². The lowest BCUT2D eigenvalue weighted by Crippen LogP contribution is -2.41. The van der Waals surface area contributed by atoms with Crippen LogP contribution in [-0.4, -0.2) is 21.6 Å². The van der Waals surface area contributed by atoms with Crippen LogP contribution in [0.4, 0.5) is 13.2 Å². The van der Waals surface area contributed by atoms with Crippen molar-refractivity contribution in [3.63, 3.8) is 0 Å². The zero-order valence-electron chi connectivity index (χ0n) is 8.25. The van der Waals surface area contributed by atoms with Gasteiger partial charge in [-0.3, -0.25) is 0 Å². The summed E-state index contributed by atoms with van der Waals surface area (Å²) in [5, 5.41) is 3.34. The molecular weight excluding hydrogens is 243 g/mol. The zero-order valence-corrected chi connectivity index (χ0v) is 9.07. The molecule has 90 valence electrons. The standard InChI is InChI=1S/C8H10F3N3OS/c9-8(10,11)6-13-5(14-15-6)7(12)1-3-16-4-2-7/h1-4,12H2. The molecule has 0 aliphatic carbocycles. The van der Waals surface area contributed by atoms with Gasteiger partial charge in [0.2, 0.25) is 0 Å². The molecule has 2 rings (SSSR count). The molecule has 1 aliphatic rings. The SMILES string of the molecule is NC1(c2noc(C(F)(F)F)n2)CCSCC1. The Kier molecular flexibility index (Phi) is 2.87. The lowest BCUT2D eigenvalue weighted by molar-refractivity contribution is -0.159. The first-order valence-electron chi connectivity index (χ1n) is 4.70. The molecule has 0 atom stereocenters. The smallest absolute Gasteiger partial charge is 0.329 e. The van der Waals surface area contributed by atoms with Crippen LogP contribution in [0.3, 0.4) is 0 Å². The second-order valence-corrected chi connectivity index (χ2v) is 4.91. The maximum Gasteiger partial charge on any atom is 0.471 e. The first-order chi connectivity index (χ1) is 7.42. The molecule has 0 saturated carbocycles. The van der Waals surface area contributed by atoms with Gasteiger partial charge in [-0.15, -0.1) is 0 Å². The van der Waals surface area contributed by atoms with E-state index in [0.29, 0.717) is 12.8 Å². The Balaban J connectivity index is 2.24. The van der Waals surface area contributed by atoms with Crippen LogP contribution in [-0.2, 0) is 11.7 Å². The Labute approximate surface area is 93.8 Å². The number of rotatable bonds is 1. The van der Waals surface area contributed by atoms with Gasteiger partial charge in [0, 0.05) is 0 Å². The van der Waals surface area contributed by atoms with E-state index >= 15 is 0 Å². The van der Waals surface area contributed by atoms with Crippen molar-refractivity contribution >= 4 is 11.8 Å². The van der Waals surface area contributed by atoms with Crippen LogP contribution in [0.25, 0.3) is 0 Å². The number of nitrogens with zero attached hydrogens (tertiary/aromatic N) is 2. The fraction of sp³-hybridized carbons (Fsp3) is 0.750. The number of alkyl halides is 3. The molecule has 8 heteroatoms. The summed E-state index contributed by atoms with van der Waals surface area (Å²) in [6.45, 7) is 0. The fourth-order valence-electron chi connectivity index (χ4n) is 1.50. The van der Waals surface area contributed by atoms with E-state index in [9.17, 15) is 13.2 Å². The minimum atomic E-state index is -4.61. The topological polar surface area (TPSA) is 64.9 Å². The quantitative estimate of drug-likeness (QED) is 0.826. The second-order valence-electron chi connectivity index (χ2n) is 3.69. The highest BCUT2D eigenvalue weighted by Crippen LogP contribution is 2.34. The number of hydrogen-bond acceptors (Lipinski definition) is 5. The van der Waals surface area contributed by atoms with E-state index in [1.54, 1.807) is 11.8 Å². The molecule has 0 amide bonds. The normalized spacial score (nSPS) is 21.0. The Morgan fingerprint density at radius 2 is 1.94 bits per heavy atom. The molecule has 1 aliphatic heterocycles. The van der Waals surface area contributed by atoms with Gasteiger partial charge in [-0.2, -0.15) is 29.9 Å². The molecular formula is C8H10F3N3OS. The summed E-state index contributed by atoms with van der Waals surface area (Å²) < 4.78 is 40.9. The van der Waals surface area contributed by atoms with Crippen molar-refractivity contribution in [3.8, 4) is 0 Å². The molecule has 1 aromatic rings. The van der Waals surface area contributed by atoms with Crippen LogP contribution in [0.5, 0.6) is 0 Å². The van der Waals surface area contributed by atoms with Gasteiger partial charge >= 0.3 is 12.1 Å². The molecule has 0 unspecified atom stereocenters. The summed E-state index contributed by atoms with van der Waals surface area (Å²) in [4.78, 5) is 3.34. The maximum absolute atomic E-state index is 12.3. The highest BCUT2D eigenvalue weighted by atomic mass is 32.2. The largest absolute Gasteiger partial charge is 0.471 e. The van der Waals surface area contributed by atoms with Gasteiger partial charge < -0.3 is 10.3 Å². The van der Waals surface area contributed by atoms with Gasteiger partial charge in [-0.25, -0.2) is 0 Å². The van der Waals surface area contributed by atoms with E-state index in [1.807, 2.05) is 0 Å². The molecule has 1 aromatic heterocycles. The van der Waals surface area contributed by atoms with Crippen molar-refractivity contribution in [1.29, 1.82) is 0 Å². The number of thioether (sulfide) groups is 1. The summed E-state index contributed by atoms with van der Waals surface area (Å²) in [6.07, 6.45) is -3.48. The molecule has 0 aromatic carbocycles. The third-order valence-corrected chi connectivity index (χ3v) is 3.48. The fourth-order valence-corrected chi connectivity index (χ4v) is 2.72. The Bertz CT molecular complexity index is 373. The predicted molar refractivity (Wildman–Crippen MR) is 51.7 cm³/mol. The van der Waals surface area contributed by atoms with Crippen LogP contribution in [0.1, 0.15) is 24.6 Å². The summed E-state index contributed by atoms with van der Waals surface area (Å²) in [5.41, 5.74) is 5.09. The van der Waals surface area contributed by atoms with Crippen molar-refractivity contribution < 1.29 is 17.7 Å². The molecule has 2 heterocycles. The summed E-state index contributed by atoms with van der Waals surface area (Å²) in [6, 6.07) is 0. The molecule has 1 saturated heterocycles. The first-order valence-corrected chi connectivity index (χ1v) is 5.85. The van der Waals surface area contributed by atoms with Crippen molar-refractivity contribution in [3.05, 3.63) is 11.7 Å². The lowest BCUT2D eigenvalue weighted by atomic mass is 9.93. The van der Waals surface area contributed by atoms with Gasteiger partial charge in [0.1, 0.15) is 0 Å². The van der Waals surface area contributed by atoms with E-state index < -0.39 is 17.6 Å². The number of hydrogen-bond donors (Lipinski definition) is 1. The highest BCUT2D eigenvalue weighted by Gasteiger charge is 2.42. The third kappa shape index (κ3) is 2.17. The summed E-state index contributed by atoms with van der Waals surface area (Å²) in [7, 11) is 0. The van der Waals surface area contributed by atoms with Crippen molar-refractivity contribution in [2.75, 3.05) is 11.5 Å². The minimum Gasteiger partial charge on any atom is -0.329 e. The number of aromatic nitrogens is 2. The van der Waals surface area contributed by atoms with Crippen molar-refractivity contribution in [2.45, 2.75) is 24.6 Å². The Morgan fingerprint density at radius 3 is 2.44 bits per heavy atom. The van der Waals surface area contributed by atoms with Crippen LogP contribution in [0, 0.1) is 0 Å². The van der Waals surface area contributed by atoms with Gasteiger partial charge in [-0.05, 0) is 24.3 Å². The van der Waals surface area contributed by atoms with Crippen LogP contribution < -0.4 is 5.73 Å². The van der Waals surface area contributed by atoms with E-state index in [0.717, 1.165) is 11.5 Å². The molecule has 0 radical (unpaired) electrons. The van der Waals surface area contributed by atoms with Gasteiger partial charge in [0.15, 0.2) is 5.82 Å². The minimum absolute atomic E-state index is 0.0416. The Morgan fingerprint density at radius 1 is 1.31 bits per heavy atom. The average molecular weight is 253 g/mol. The number of halogens is 3. The van der Waals surface area contributed by atoms with Gasteiger partial charge in [0.05, 0.1) is 5.54 Å². The molecule has 4 nitrogen and oxygen atoms in total. The molecule has 16 heavy (non-hydrogen) atoms. The van der Waals surface area contributed by atoms with E-state index in [4.69, 9.17) is 5.73 Å². The summed E-state index contributed by atoms with van der Waals surface area (Å²) >= 11 is 1.72. The maximum atomic E-state index is 12.3. The van der Waals surface area contributed by atoms with E-state index in [1.165, 1.54) is 0 Å². The molecule has 2 N–H and O–H groups in total. The summed E-state index contributed by atoms with van der Waals surface area (Å²) in [5.74, 6) is 0.226. The molecule has 0 bridgehead atoms. The lowest BCUT2D eigenvalue weighted by Gasteiger charge is -2.29. The van der Waals surface area contributed by atoms with Crippen LogP contribution >= 0.6 is 11.8 Å². The average Bonchev–Trinajstić information content (AvgIpc) is 2.67. The highest BCUT2D eigenvalue weighted by molar-refractivity contribution is 7.99. The Hall–Kier alpha value is -0.760. The van der Waals surface area contributed by atoms with Crippen LogP contribution in [0.15, 0.2) is 4.52 Å². The van der Waals surface area contributed by atoms with Gasteiger partial charge in [0.25, 0.3) is 0 Å². The first kappa shape index (κ1) is 11.7. The van der Waals surface area contributed by atoms with E-state index in [-0.39, 0.29) is 5.82 Å². The monoisotopic (exact) mass is 253 g/mol. The van der Waals surface area contributed by atoms with E-state index in [2.05, 4.69) is 14.7 Å². The second kappa shape index (κ2) is 3.92. The zero-order chi connectivity index (χ0) is 11.8. The third-order valence-electron chi connectivity index (χ3n) is 2.50.